The van der Waals surface area contributed by atoms with Crippen molar-refractivity contribution < 1.29 is 13.6 Å². The molecule has 1 atom stereocenters. The summed E-state index contributed by atoms with van der Waals surface area (Å²) in [5, 5.41) is 0. The minimum Gasteiger partial charge on any atom is -0.297 e. The second-order valence-corrected chi connectivity index (χ2v) is 5.01. The zero-order chi connectivity index (χ0) is 10.3. The molecular weight excluding hydrogens is 189 g/mol. The molecule has 80 valence electrons. The van der Waals surface area contributed by atoms with Crippen molar-refractivity contribution in [1.29, 1.82) is 0 Å². The van der Waals surface area contributed by atoms with E-state index in [4.69, 9.17) is 14.6 Å². The molecule has 0 saturated heterocycles. The highest BCUT2D eigenvalue weighted by atomic mass is 31.2. The molecular formula is C8H20NO3P. The van der Waals surface area contributed by atoms with Gasteiger partial charge in [-0.15, -0.1) is 0 Å². The van der Waals surface area contributed by atoms with Crippen molar-refractivity contribution in [3.63, 3.8) is 0 Å². The van der Waals surface area contributed by atoms with Crippen LogP contribution >= 0.6 is 7.75 Å². The molecule has 0 spiro atoms. The van der Waals surface area contributed by atoms with E-state index < -0.39 is 7.75 Å². The van der Waals surface area contributed by atoms with E-state index in [0.29, 0.717) is 19.1 Å². The van der Waals surface area contributed by atoms with Crippen LogP contribution in [0.2, 0.25) is 0 Å². The van der Waals surface area contributed by atoms with Gasteiger partial charge < -0.3 is 0 Å². The Labute approximate surface area is 80.4 Å². The van der Waals surface area contributed by atoms with Crippen molar-refractivity contribution in [3.05, 3.63) is 0 Å². The molecule has 0 fully saturated rings. The SMILES string of the molecule is CCCCO[P@@](N)(=O)OCC(C)C. The lowest BCUT2D eigenvalue weighted by Gasteiger charge is -2.14. The lowest BCUT2D eigenvalue weighted by molar-refractivity contribution is 0.185. The van der Waals surface area contributed by atoms with Crippen LogP contribution in [0.25, 0.3) is 0 Å². The van der Waals surface area contributed by atoms with Gasteiger partial charge in [0, 0.05) is 0 Å². The van der Waals surface area contributed by atoms with E-state index in [-0.39, 0.29) is 0 Å². The van der Waals surface area contributed by atoms with Gasteiger partial charge in [-0.3, -0.25) is 9.05 Å². The normalized spacial score (nSPS) is 16.1. The Balaban J connectivity index is 3.61. The number of hydrogen-bond acceptors (Lipinski definition) is 3. The summed E-state index contributed by atoms with van der Waals surface area (Å²) in [6.07, 6.45) is 1.84. The van der Waals surface area contributed by atoms with Gasteiger partial charge in [0.1, 0.15) is 0 Å². The van der Waals surface area contributed by atoms with Crippen LogP contribution < -0.4 is 5.50 Å². The van der Waals surface area contributed by atoms with Crippen LogP contribution in [-0.2, 0) is 13.6 Å². The van der Waals surface area contributed by atoms with Crippen molar-refractivity contribution in [3.8, 4) is 0 Å². The third-order valence-electron chi connectivity index (χ3n) is 1.36. The Morgan fingerprint density at radius 3 is 2.46 bits per heavy atom. The molecule has 0 unspecified atom stereocenters. The summed E-state index contributed by atoms with van der Waals surface area (Å²) in [7, 11) is -3.28. The van der Waals surface area contributed by atoms with Crippen LogP contribution in [0.15, 0.2) is 0 Å². The van der Waals surface area contributed by atoms with Gasteiger partial charge >= 0.3 is 7.75 Å². The minimum absolute atomic E-state index is 0.312. The molecule has 0 rings (SSSR count). The summed E-state index contributed by atoms with van der Waals surface area (Å²) in [6.45, 7) is 6.74. The molecule has 13 heavy (non-hydrogen) atoms. The molecule has 2 N–H and O–H groups in total. The average Bonchev–Trinajstić information content (AvgIpc) is 2.02. The zero-order valence-corrected chi connectivity index (χ0v) is 9.55. The molecule has 5 heteroatoms. The Kier molecular flexibility index (Phi) is 6.60. The van der Waals surface area contributed by atoms with Crippen LogP contribution in [0.1, 0.15) is 33.6 Å². The molecule has 0 radical (unpaired) electrons. The van der Waals surface area contributed by atoms with Crippen molar-refractivity contribution in [1.82, 2.24) is 0 Å². The molecule has 4 nitrogen and oxygen atoms in total. The Morgan fingerprint density at radius 1 is 1.38 bits per heavy atom. The number of hydrogen-bond donors (Lipinski definition) is 1. The van der Waals surface area contributed by atoms with E-state index in [9.17, 15) is 4.57 Å². The van der Waals surface area contributed by atoms with Gasteiger partial charge in [-0.25, -0.2) is 10.1 Å². The zero-order valence-electron chi connectivity index (χ0n) is 8.66. The maximum atomic E-state index is 11.3. The van der Waals surface area contributed by atoms with Crippen LogP contribution in [0, 0.1) is 5.92 Å². The van der Waals surface area contributed by atoms with E-state index in [1.165, 1.54) is 0 Å². The molecule has 0 aromatic rings. The van der Waals surface area contributed by atoms with E-state index >= 15 is 0 Å². The first-order chi connectivity index (χ1) is 5.98. The molecule has 0 heterocycles. The van der Waals surface area contributed by atoms with Crippen molar-refractivity contribution in [2.75, 3.05) is 13.2 Å². The maximum absolute atomic E-state index is 11.3. The van der Waals surface area contributed by atoms with Gasteiger partial charge in [-0.2, -0.15) is 0 Å². The van der Waals surface area contributed by atoms with Gasteiger partial charge in [0.05, 0.1) is 13.2 Å². The summed E-state index contributed by atoms with van der Waals surface area (Å²) in [5.41, 5.74) is 5.32. The number of rotatable bonds is 7. The van der Waals surface area contributed by atoms with E-state index in [1.807, 2.05) is 20.8 Å². The molecule has 0 aliphatic carbocycles. The van der Waals surface area contributed by atoms with Crippen LogP contribution in [-0.4, -0.2) is 13.2 Å². The third kappa shape index (κ3) is 8.44. The number of nitrogens with two attached hydrogens (primary N) is 1. The van der Waals surface area contributed by atoms with Crippen LogP contribution in [0.5, 0.6) is 0 Å². The monoisotopic (exact) mass is 209 g/mol. The van der Waals surface area contributed by atoms with Gasteiger partial charge in [-0.05, 0) is 12.3 Å². The second-order valence-electron chi connectivity index (χ2n) is 3.42. The van der Waals surface area contributed by atoms with Gasteiger partial charge in [-0.1, -0.05) is 27.2 Å². The fraction of sp³-hybridized carbons (Fsp3) is 1.00. The average molecular weight is 209 g/mol. The maximum Gasteiger partial charge on any atom is 0.402 e. The van der Waals surface area contributed by atoms with Crippen molar-refractivity contribution >= 4 is 7.75 Å². The molecule has 0 amide bonds. The van der Waals surface area contributed by atoms with E-state index in [2.05, 4.69) is 0 Å². The topological polar surface area (TPSA) is 61.5 Å². The molecule has 0 aromatic carbocycles. The smallest absolute Gasteiger partial charge is 0.297 e. The van der Waals surface area contributed by atoms with Crippen molar-refractivity contribution in [2.45, 2.75) is 33.6 Å². The fourth-order valence-electron chi connectivity index (χ4n) is 0.626. The van der Waals surface area contributed by atoms with Crippen molar-refractivity contribution in [2.24, 2.45) is 11.4 Å². The number of unbranched alkanes of at least 4 members (excludes halogenated alkanes) is 1. The highest BCUT2D eigenvalue weighted by Crippen LogP contribution is 2.39. The van der Waals surface area contributed by atoms with Gasteiger partial charge in [0.25, 0.3) is 0 Å². The van der Waals surface area contributed by atoms with E-state index in [1.54, 1.807) is 0 Å². The molecule has 0 aromatic heterocycles. The van der Waals surface area contributed by atoms with Crippen LogP contribution in [0.4, 0.5) is 0 Å². The first-order valence-electron chi connectivity index (χ1n) is 4.65. The Bertz CT molecular complexity index is 173. The Morgan fingerprint density at radius 2 is 2.00 bits per heavy atom. The second kappa shape index (κ2) is 6.55. The summed E-state index contributed by atoms with van der Waals surface area (Å²) < 4.78 is 21.2. The summed E-state index contributed by atoms with van der Waals surface area (Å²) in [4.78, 5) is 0. The lowest BCUT2D eigenvalue weighted by atomic mass is 10.2. The summed E-state index contributed by atoms with van der Waals surface area (Å²) in [5.74, 6) is 0.312. The fourth-order valence-corrected chi connectivity index (χ4v) is 1.59. The first-order valence-corrected chi connectivity index (χ1v) is 6.27. The van der Waals surface area contributed by atoms with Crippen LogP contribution in [0.3, 0.4) is 0 Å². The molecule has 0 saturated carbocycles. The predicted octanol–water partition coefficient (Wildman–Crippen LogP) is 2.54. The summed E-state index contributed by atoms with van der Waals surface area (Å²) >= 11 is 0. The molecule has 0 aliphatic rings. The standard InChI is InChI=1S/C8H20NO3P/c1-4-5-6-11-13(9,10)12-7-8(2)3/h8H,4-7H2,1-3H3,(H2,9,10)/t13-/m1/s1. The Hall–Kier alpha value is 0.110. The molecule has 0 bridgehead atoms. The highest BCUT2D eigenvalue weighted by Gasteiger charge is 2.17. The van der Waals surface area contributed by atoms with Gasteiger partial charge in [0.15, 0.2) is 0 Å². The third-order valence-corrected chi connectivity index (χ3v) is 2.41. The van der Waals surface area contributed by atoms with E-state index in [0.717, 1.165) is 12.8 Å². The summed E-state index contributed by atoms with van der Waals surface area (Å²) in [6, 6.07) is 0. The highest BCUT2D eigenvalue weighted by molar-refractivity contribution is 7.51. The molecule has 0 aliphatic heterocycles. The van der Waals surface area contributed by atoms with Gasteiger partial charge in [0.2, 0.25) is 0 Å². The minimum atomic E-state index is -3.28. The quantitative estimate of drug-likeness (QED) is 0.517. The first kappa shape index (κ1) is 13.1. The largest absolute Gasteiger partial charge is 0.402 e. The lowest BCUT2D eigenvalue weighted by Crippen LogP contribution is -2.08. The predicted molar refractivity (Wildman–Crippen MR) is 53.4 cm³/mol.